The highest BCUT2D eigenvalue weighted by Gasteiger charge is 2.08. The van der Waals surface area contributed by atoms with E-state index in [-0.39, 0.29) is 5.56 Å². The lowest BCUT2D eigenvalue weighted by atomic mass is 10.4. The van der Waals surface area contributed by atoms with Gasteiger partial charge in [-0.25, -0.2) is 9.36 Å². The Morgan fingerprint density at radius 1 is 1.53 bits per heavy atom. The summed E-state index contributed by atoms with van der Waals surface area (Å²) >= 11 is 0. The van der Waals surface area contributed by atoms with Crippen LogP contribution in [0.3, 0.4) is 0 Å². The van der Waals surface area contributed by atoms with Crippen LogP contribution >= 0.6 is 0 Å². The molecule has 0 amide bonds. The molecule has 2 rings (SSSR count). The van der Waals surface area contributed by atoms with Crippen molar-refractivity contribution in [2.24, 2.45) is 7.05 Å². The van der Waals surface area contributed by atoms with Crippen LogP contribution in [0.2, 0.25) is 0 Å². The number of hydrogen-bond acceptors (Lipinski definition) is 5. The van der Waals surface area contributed by atoms with Gasteiger partial charge in [-0.15, -0.1) is 5.10 Å². The summed E-state index contributed by atoms with van der Waals surface area (Å²) < 4.78 is 2.87. The summed E-state index contributed by atoms with van der Waals surface area (Å²) in [6, 6.07) is 0. The molecule has 7 nitrogen and oxygen atoms in total. The second-order valence-corrected chi connectivity index (χ2v) is 3.23. The first-order valence-electron chi connectivity index (χ1n) is 4.64. The quantitative estimate of drug-likeness (QED) is 0.681. The van der Waals surface area contributed by atoms with Crippen molar-refractivity contribution in [3.05, 3.63) is 16.6 Å². The van der Waals surface area contributed by atoms with E-state index in [1.807, 2.05) is 7.05 Å². The Labute approximate surface area is 85.7 Å². The van der Waals surface area contributed by atoms with Gasteiger partial charge in [0.1, 0.15) is 5.39 Å². The van der Waals surface area contributed by atoms with E-state index in [0.717, 1.165) is 0 Å². The van der Waals surface area contributed by atoms with Crippen molar-refractivity contribution in [1.82, 2.24) is 30.1 Å². The minimum Gasteiger partial charge on any atom is -0.318 e. The normalized spacial score (nSPS) is 11.1. The summed E-state index contributed by atoms with van der Waals surface area (Å²) in [5, 5.41) is 15.2. The van der Waals surface area contributed by atoms with Crippen LogP contribution in [0.15, 0.2) is 11.0 Å². The zero-order chi connectivity index (χ0) is 10.8. The molecule has 0 saturated heterocycles. The first-order valence-corrected chi connectivity index (χ1v) is 4.64. The van der Waals surface area contributed by atoms with Crippen LogP contribution in [0.1, 0.15) is 0 Å². The highest BCUT2D eigenvalue weighted by atomic mass is 16.1. The van der Waals surface area contributed by atoms with Crippen molar-refractivity contribution in [3.63, 3.8) is 0 Å². The molecular weight excluding hydrogens is 196 g/mol. The lowest BCUT2D eigenvalue weighted by Gasteiger charge is -2.01. The number of aryl methyl sites for hydroxylation is 1. The summed E-state index contributed by atoms with van der Waals surface area (Å²) in [7, 11) is 3.55. The smallest absolute Gasteiger partial charge is 0.280 e. The third kappa shape index (κ3) is 1.61. The molecule has 2 heterocycles. The third-order valence-corrected chi connectivity index (χ3v) is 2.19. The molecule has 15 heavy (non-hydrogen) atoms. The molecule has 2 aromatic rings. The Hall–Kier alpha value is -1.76. The van der Waals surface area contributed by atoms with Gasteiger partial charge >= 0.3 is 0 Å². The van der Waals surface area contributed by atoms with Crippen molar-refractivity contribution in [2.45, 2.75) is 6.54 Å². The van der Waals surface area contributed by atoms with Crippen LogP contribution in [0.5, 0.6) is 0 Å². The van der Waals surface area contributed by atoms with E-state index in [1.54, 1.807) is 7.05 Å². The van der Waals surface area contributed by atoms with E-state index in [2.05, 4.69) is 20.7 Å². The van der Waals surface area contributed by atoms with E-state index in [4.69, 9.17) is 0 Å². The minimum atomic E-state index is -0.150. The molecule has 0 fully saturated rings. The molecule has 1 N–H and O–H groups in total. The van der Waals surface area contributed by atoms with Crippen molar-refractivity contribution in [1.29, 1.82) is 0 Å². The average molecular weight is 208 g/mol. The minimum absolute atomic E-state index is 0.150. The number of fused-ring (bicyclic) bond motifs is 1. The van der Waals surface area contributed by atoms with Crippen molar-refractivity contribution in [3.8, 4) is 0 Å². The fraction of sp³-hybridized carbons (Fsp3) is 0.500. The van der Waals surface area contributed by atoms with Crippen molar-refractivity contribution >= 4 is 11.0 Å². The Bertz CT molecular complexity index is 527. The molecule has 0 unspecified atom stereocenters. The lowest BCUT2D eigenvalue weighted by molar-refractivity contribution is 0.529. The fourth-order valence-corrected chi connectivity index (χ4v) is 1.34. The highest BCUT2D eigenvalue weighted by Crippen LogP contribution is 2.00. The van der Waals surface area contributed by atoms with Crippen LogP contribution in [0.25, 0.3) is 11.0 Å². The van der Waals surface area contributed by atoms with Crippen LogP contribution in [-0.4, -0.2) is 38.4 Å². The predicted molar refractivity (Wildman–Crippen MR) is 54.5 cm³/mol. The molecule has 2 aromatic heterocycles. The van der Waals surface area contributed by atoms with Gasteiger partial charge in [-0.1, -0.05) is 5.21 Å². The van der Waals surface area contributed by atoms with Crippen LogP contribution in [0.4, 0.5) is 0 Å². The number of nitrogens with one attached hydrogen (secondary N) is 1. The summed E-state index contributed by atoms with van der Waals surface area (Å²) in [6.45, 7) is 1.19. The first-order chi connectivity index (χ1) is 7.24. The van der Waals surface area contributed by atoms with Gasteiger partial charge in [0.2, 0.25) is 0 Å². The maximum absolute atomic E-state index is 11.8. The van der Waals surface area contributed by atoms with E-state index in [9.17, 15) is 4.79 Å². The van der Waals surface area contributed by atoms with Gasteiger partial charge in [-0.3, -0.25) is 4.79 Å². The maximum Gasteiger partial charge on any atom is 0.280 e. The SMILES string of the molecule is CNCCn1nnc2c(cnn2C)c1=O. The molecular formula is C8H12N6O. The van der Waals surface area contributed by atoms with Crippen LogP contribution in [-0.2, 0) is 13.6 Å². The standard InChI is InChI=1S/C8H12N6O/c1-9-3-4-14-8(15)6-5-10-13(2)7(6)11-12-14/h5,9H,3-4H2,1-2H3. The van der Waals surface area contributed by atoms with E-state index in [1.165, 1.54) is 15.6 Å². The lowest BCUT2D eigenvalue weighted by Crippen LogP contribution is -2.28. The highest BCUT2D eigenvalue weighted by molar-refractivity contribution is 5.72. The van der Waals surface area contributed by atoms with E-state index >= 15 is 0 Å². The number of hydrogen-bond donors (Lipinski definition) is 1. The van der Waals surface area contributed by atoms with Crippen molar-refractivity contribution in [2.75, 3.05) is 13.6 Å². The largest absolute Gasteiger partial charge is 0.318 e. The molecule has 0 radical (unpaired) electrons. The van der Waals surface area contributed by atoms with Gasteiger partial charge in [-0.05, 0) is 7.05 Å². The summed E-state index contributed by atoms with van der Waals surface area (Å²) in [6.07, 6.45) is 1.52. The Kier molecular flexibility index (Phi) is 2.46. The number of aromatic nitrogens is 5. The third-order valence-electron chi connectivity index (χ3n) is 2.19. The first kappa shape index (κ1) is 9.78. The average Bonchev–Trinajstić information content (AvgIpc) is 2.61. The van der Waals surface area contributed by atoms with Gasteiger partial charge in [-0.2, -0.15) is 5.10 Å². The molecule has 0 aliphatic carbocycles. The molecule has 0 spiro atoms. The molecule has 0 aliphatic heterocycles. The summed E-state index contributed by atoms with van der Waals surface area (Å²) in [5.74, 6) is 0. The maximum atomic E-state index is 11.8. The Balaban J connectivity index is 2.51. The molecule has 0 aromatic carbocycles. The zero-order valence-electron chi connectivity index (χ0n) is 8.64. The predicted octanol–water partition coefficient (Wildman–Crippen LogP) is -1.26. The van der Waals surface area contributed by atoms with E-state index in [0.29, 0.717) is 24.1 Å². The molecule has 0 bridgehead atoms. The fourth-order valence-electron chi connectivity index (χ4n) is 1.34. The van der Waals surface area contributed by atoms with Gasteiger partial charge in [0.05, 0.1) is 12.7 Å². The molecule has 0 saturated carbocycles. The monoisotopic (exact) mass is 208 g/mol. The summed E-state index contributed by atoms with van der Waals surface area (Å²) in [5.41, 5.74) is 0.365. The second kappa shape index (κ2) is 3.77. The van der Waals surface area contributed by atoms with Gasteiger partial charge in [0, 0.05) is 13.6 Å². The van der Waals surface area contributed by atoms with Gasteiger partial charge in [0.15, 0.2) is 5.65 Å². The Morgan fingerprint density at radius 3 is 3.07 bits per heavy atom. The molecule has 80 valence electrons. The topological polar surface area (TPSA) is 77.6 Å². The second-order valence-electron chi connectivity index (χ2n) is 3.23. The number of nitrogens with zero attached hydrogens (tertiary/aromatic N) is 5. The van der Waals surface area contributed by atoms with Crippen LogP contribution in [0, 0.1) is 0 Å². The Morgan fingerprint density at radius 2 is 2.33 bits per heavy atom. The van der Waals surface area contributed by atoms with E-state index < -0.39 is 0 Å². The zero-order valence-corrected chi connectivity index (χ0v) is 8.64. The molecule has 0 atom stereocenters. The molecule has 0 aliphatic rings. The summed E-state index contributed by atoms with van der Waals surface area (Å²) in [4.78, 5) is 11.8. The molecule has 7 heteroatoms. The number of likely N-dealkylation sites (N-methyl/N-ethyl adjacent to an activating group) is 1. The van der Waals surface area contributed by atoms with Gasteiger partial charge in [0.25, 0.3) is 5.56 Å². The number of rotatable bonds is 3. The van der Waals surface area contributed by atoms with Gasteiger partial charge < -0.3 is 5.32 Å². The van der Waals surface area contributed by atoms with Crippen molar-refractivity contribution < 1.29 is 0 Å². The van der Waals surface area contributed by atoms with Crippen LogP contribution < -0.4 is 10.9 Å².